The van der Waals surface area contributed by atoms with Crippen LogP contribution in [0.25, 0.3) is 10.9 Å². The Balaban J connectivity index is 1.92. The number of rotatable bonds is 8. The van der Waals surface area contributed by atoms with Crippen molar-refractivity contribution in [3.8, 4) is 0 Å². The third-order valence-electron chi connectivity index (χ3n) is 6.37. The summed E-state index contributed by atoms with van der Waals surface area (Å²) in [5, 5.41) is 5.14. The van der Waals surface area contributed by atoms with Gasteiger partial charge in [0.2, 0.25) is 0 Å². The molecule has 0 radical (unpaired) electrons. The highest BCUT2D eigenvalue weighted by atomic mass is 32.1. The SMILES string of the molecule is CCN(CC)CCN(Cc1cc2c(C)ccc(C)c2[nH]c1=O)C(=S)Nc1ccc(C)cc1C. The number of thiocarbonyl (C=S) groups is 1. The summed E-state index contributed by atoms with van der Waals surface area (Å²) in [7, 11) is 0. The molecule has 3 rings (SSSR count). The van der Waals surface area contributed by atoms with Gasteiger partial charge in [0, 0.05) is 29.7 Å². The van der Waals surface area contributed by atoms with Crippen LogP contribution in [0.5, 0.6) is 0 Å². The van der Waals surface area contributed by atoms with Gasteiger partial charge >= 0.3 is 0 Å². The summed E-state index contributed by atoms with van der Waals surface area (Å²) in [5.41, 5.74) is 7.17. The number of benzene rings is 2. The van der Waals surface area contributed by atoms with Gasteiger partial charge in [-0.3, -0.25) is 4.79 Å². The van der Waals surface area contributed by atoms with Crippen LogP contribution in [0.3, 0.4) is 0 Å². The van der Waals surface area contributed by atoms with E-state index in [-0.39, 0.29) is 5.56 Å². The number of hydrogen-bond donors (Lipinski definition) is 2. The third-order valence-corrected chi connectivity index (χ3v) is 6.73. The summed E-state index contributed by atoms with van der Waals surface area (Å²) in [6.45, 7) is 16.6. The molecule has 2 aromatic carbocycles. The average molecular weight is 465 g/mol. The molecule has 1 heterocycles. The molecule has 0 aliphatic rings. The van der Waals surface area contributed by atoms with E-state index >= 15 is 0 Å². The first-order valence-corrected chi connectivity index (χ1v) is 12.1. The molecule has 6 heteroatoms. The Morgan fingerprint density at radius 3 is 2.30 bits per heavy atom. The molecule has 0 saturated carbocycles. The van der Waals surface area contributed by atoms with Crippen LogP contribution < -0.4 is 10.9 Å². The Kier molecular flexibility index (Phi) is 8.27. The van der Waals surface area contributed by atoms with Gasteiger partial charge in [0.05, 0.1) is 12.1 Å². The monoisotopic (exact) mass is 464 g/mol. The standard InChI is InChI=1S/C27H36N4OS/c1-7-30(8-2)13-14-31(27(33)28-24-12-9-18(3)15-21(24)6)17-22-16-23-19(4)10-11-20(5)25(23)29-26(22)32/h9-12,15-16H,7-8,13-14,17H2,1-6H3,(H,28,33)(H,29,32). The number of aryl methyl sites for hydroxylation is 4. The van der Waals surface area contributed by atoms with Gasteiger partial charge in [-0.25, -0.2) is 0 Å². The van der Waals surface area contributed by atoms with Crippen molar-refractivity contribution in [3.05, 3.63) is 74.6 Å². The Hall–Kier alpha value is -2.70. The van der Waals surface area contributed by atoms with Crippen molar-refractivity contribution >= 4 is 33.9 Å². The summed E-state index contributed by atoms with van der Waals surface area (Å²) in [6, 6.07) is 12.5. The zero-order valence-corrected chi connectivity index (χ0v) is 21.5. The largest absolute Gasteiger partial charge is 0.343 e. The van der Waals surface area contributed by atoms with Crippen molar-refractivity contribution in [2.24, 2.45) is 0 Å². The van der Waals surface area contributed by atoms with E-state index in [1.807, 2.05) is 19.1 Å². The first-order valence-electron chi connectivity index (χ1n) is 11.7. The van der Waals surface area contributed by atoms with E-state index < -0.39 is 0 Å². The minimum atomic E-state index is -0.0571. The van der Waals surface area contributed by atoms with E-state index in [1.54, 1.807) is 0 Å². The molecule has 0 bridgehead atoms. The fraction of sp³-hybridized carbons (Fsp3) is 0.407. The van der Waals surface area contributed by atoms with Crippen LogP contribution in [0.1, 0.15) is 41.7 Å². The number of nitrogens with one attached hydrogen (secondary N) is 2. The molecule has 33 heavy (non-hydrogen) atoms. The van der Waals surface area contributed by atoms with Gasteiger partial charge in [-0.15, -0.1) is 0 Å². The molecule has 0 aliphatic carbocycles. The molecule has 3 aromatic rings. The third kappa shape index (κ3) is 6.01. The zero-order chi connectivity index (χ0) is 24.1. The van der Waals surface area contributed by atoms with E-state index in [0.717, 1.165) is 65.0 Å². The second-order valence-electron chi connectivity index (χ2n) is 8.81. The highest BCUT2D eigenvalue weighted by Gasteiger charge is 2.16. The van der Waals surface area contributed by atoms with Gasteiger partial charge in [-0.2, -0.15) is 0 Å². The summed E-state index contributed by atoms with van der Waals surface area (Å²) >= 11 is 5.84. The van der Waals surface area contributed by atoms with Crippen LogP contribution >= 0.6 is 12.2 Å². The smallest absolute Gasteiger partial charge is 0.253 e. The van der Waals surface area contributed by atoms with Crippen molar-refractivity contribution < 1.29 is 0 Å². The summed E-state index contributed by atoms with van der Waals surface area (Å²) in [5.74, 6) is 0. The molecule has 1 aromatic heterocycles. The van der Waals surface area contributed by atoms with Gasteiger partial charge in [0.25, 0.3) is 5.56 Å². The molecule has 0 aliphatic heterocycles. The maximum absolute atomic E-state index is 13.0. The zero-order valence-electron chi connectivity index (χ0n) is 20.7. The topological polar surface area (TPSA) is 51.4 Å². The number of fused-ring (bicyclic) bond motifs is 1. The average Bonchev–Trinajstić information content (AvgIpc) is 2.78. The van der Waals surface area contributed by atoms with Crippen LogP contribution in [-0.4, -0.2) is 46.1 Å². The van der Waals surface area contributed by atoms with Gasteiger partial charge in [-0.05, 0) is 81.8 Å². The Labute approximate surface area is 202 Å². The summed E-state index contributed by atoms with van der Waals surface area (Å²) < 4.78 is 0. The van der Waals surface area contributed by atoms with E-state index in [9.17, 15) is 4.79 Å². The highest BCUT2D eigenvalue weighted by Crippen LogP contribution is 2.21. The molecule has 0 fully saturated rings. The predicted molar refractivity (Wildman–Crippen MR) is 144 cm³/mol. The maximum atomic E-state index is 13.0. The van der Waals surface area contributed by atoms with Crippen molar-refractivity contribution in [1.82, 2.24) is 14.8 Å². The Bertz CT molecular complexity index is 1200. The van der Waals surface area contributed by atoms with Gasteiger partial charge in [0.1, 0.15) is 0 Å². The molecule has 176 valence electrons. The Morgan fingerprint density at radius 1 is 0.939 bits per heavy atom. The lowest BCUT2D eigenvalue weighted by Crippen LogP contribution is -2.41. The molecule has 0 unspecified atom stereocenters. The maximum Gasteiger partial charge on any atom is 0.253 e. The van der Waals surface area contributed by atoms with Gasteiger partial charge in [0.15, 0.2) is 5.11 Å². The minimum absolute atomic E-state index is 0.0571. The van der Waals surface area contributed by atoms with Crippen molar-refractivity contribution in [2.45, 2.75) is 48.1 Å². The van der Waals surface area contributed by atoms with E-state index in [2.05, 4.69) is 79.0 Å². The van der Waals surface area contributed by atoms with Crippen LogP contribution in [0.2, 0.25) is 0 Å². The lowest BCUT2D eigenvalue weighted by molar-refractivity contribution is 0.266. The van der Waals surface area contributed by atoms with Gasteiger partial charge in [-0.1, -0.05) is 43.7 Å². The molecule has 0 saturated heterocycles. The summed E-state index contributed by atoms with van der Waals surface area (Å²) in [6.07, 6.45) is 0. The lowest BCUT2D eigenvalue weighted by atomic mass is 10.0. The molecule has 2 N–H and O–H groups in total. The van der Waals surface area contributed by atoms with Crippen molar-refractivity contribution in [3.63, 3.8) is 0 Å². The number of H-pyrrole nitrogens is 1. The molecular weight excluding hydrogens is 428 g/mol. The fourth-order valence-corrected chi connectivity index (χ4v) is 4.41. The quantitative estimate of drug-likeness (QED) is 0.443. The lowest BCUT2D eigenvalue weighted by Gasteiger charge is -2.29. The van der Waals surface area contributed by atoms with Gasteiger partial charge < -0.3 is 20.1 Å². The number of hydrogen-bond acceptors (Lipinski definition) is 3. The molecule has 0 amide bonds. The molecular formula is C27H36N4OS. The Morgan fingerprint density at radius 2 is 1.64 bits per heavy atom. The number of aromatic amines is 1. The summed E-state index contributed by atoms with van der Waals surface area (Å²) in [4.78, 5) is 20.6. The highest BCUT2D eigenvalue weighted by molar-refractivity contribution is 7.80. The number of anilines is 1. The molecule has 5 nitrogen and oxygen atoms in total. The molecule has 0 atom stereocenters. The van der Waals surface area contributed by atoms with E-state index in [4.69, 9.17) is 12.2 Å². The number of aromatic nitrogens is 1. The van der Waals surface area contributed by atoms with E-state index in [1.165, 1.54) is 5.56 Å². The predicted octanol–water partition coefficient (Wildman–Crippen LogP) is 5.30. The normalized spacial score (nSPS) is 11.2. The fourth-order valence-electron chi connectivity index (χ4n) is 4.14. The van der Waals surface area contributed by atoms with Crippen molar-refractivity contribution in [1.29, 1.82) is 0 Å². The van der Waals surface area contributed by atoms with Crippen LogP contribution in [0, 0.1) is 27.7 Å². The van der Waals surface area contributed by atoms with Crippen LogP contribution in [0.4, 0.5) is 5.69 Å². The number of pyridine rings is 1. The number of likely N-dealkylation sites (N-methyl/N-ethyl adjacent to an activating group) is 1. The first-order chi connectivity index (χ1) is 15.7. The van der Waals surface area contributed by atoms with Crippen LogP contribution in [-0.2, 0) is 6.54 Å². The second-order valence-corrected chi connectivity index (χ2v) is 9.20. The minimum Gasteiger partial charge on any atom is -0.343 e. The van der Waals surface area contributed by atoms with Crippen LogP contribution in [0.15, 0.2) is 41.2 Å². The van der Waals surface area contributed by atoms with E-state index in [0.29, 0.717) is 11.7 Å². The first kappa shape index (κ1) is 24.9. The molecule has 0 spiro atoms. The second kappa shape index (κ2) is 10.9. The number of nitrogens with zero attached hydrogens (tertiary/aromatic N) is 2. The van der Waals surface area contributed by atoms with Crippen molar-refractivity contribution in [2.75, 3.05) is 31.5 Å².